The van der Waals surface area contributed by atoms with Crippen LogP contribution in [0.3, 0.4) is 0 Å². The normalized spacial score (nSPS) is 11.3. The molecule has 0 fully saturated rings. The van der Waals surface area contributed by atoms with Crippen LogP contribution in [0.4, 0.5) is 0 Å². The Balaban J connectivity index is 1.53. The molecular formula is C29H21Cl2N5O2S. The van der Waals surface area contributed by atoms with E-state index in [1.807, 2.05) is 60.1 Å². The molecule has 0 aliphatic carbocycles. The minimum Gasteiger partial charge on any atom is -0.347 e. The summed E-state index contributed by atoms with van der Waals surface area (Å²) in [5.41, 5.74) is 3.20. The molecule has 5 aromatic rings. The number of rotatable bonds is 8. The molecule has 0 bridgehead atoms. The molecule has 0 unspecified atom stereocenters. The van der Waals surface area contributed by atoms with E-state index in [0.29, 0.717) is 16.3 Å². The lowest BCUT2D eigenvalue weighted by molar-refractivity contribution is -0.117. The summed E-state index contributed by atoms with van der Waals surface area (Å²) in [4.78, 5) is 31.6. The van der Waals surface area contributed by atoms with E-state index in [2.05, 4.69) is 15.6 Å². The van der Waals surface area contributed by atoms with E-state index in [1.165, 1.54) is 23.5 Å². The second kappa shape index (κ2) is 12.1. The van der Waals surface area contributed by atoms with E-state index in [1.54, 1.807) is 35.3 Å². The van der Waals surface area contributed by atoms with Crippen molar-refractivity contribution in [3.8, 4) is 16.3 Å². The average molecular weight is 574 g/mol. The third-order valence-electron chi connectivity index (χ3n) is 5.66. The zero-order chi connectivity index (χ0) is 27.2. The molecule has 0 spiro atoms. The molecule has 0 radical (unpaired) electrons. The van der Waals surface area contributed by atoms with Gasteiger partial charge < -0.3 is 10.6 Å². The summed E-state index contributed by atoms with van der Waals surface area (Å²) in [5, 5.41) is 12.9. The van der Waals surface area contributed by atoms with E-state index in [0.717, 1.165) is 16.1 Å². The topological polar surface area (TPSA) is 88.9 Å². The maximum atomic E-state index is 13.4. The molecule has 2 N–H and O–H groups in total. The van der Waals surface area contributed by atoms with Crippen molar-refractivity contribution in [2.24, 2.45) is 0 Å². The lowest BCUT2D eigenvalue weighted by atomic mass is 10.1. The summed E-state index contributed by atoms with van der Waals surface area (Å²) in [6.07, 6.45) is 6.75. The molecule has 3 heterocycles. The summed E-state index contributed by atoms with van der Waals surface area (Å²) in [5.74, 6) is -1.03. The van der Waals surface area contributed by atoms with Crippen molar-refractivity contribution in [1.29, 1.82) is 0 Å². The molecule has 0 aliphatic heterocycles. The van der Waals surface area contributed by atoms with Gasteiger partial charge in [0.15, 0.2) is 0 Å². The van der Waals surface area contributed by atoms with Crippen LogP contribution in [0, 0.1) is 0 Å². The first-order valence-electron chi connectivity index (χ1n) is 11.8. The third-order valence-corrected chi connectivity index (χ3v) is 7.09. The van der Waals surface area contributed by atoms with Crippen LogP contribution < -0.4 is 10.6 Å². The van der Waals surface area contributed by atoms with E-state index >= 15 is 0 Å². The first-order valence-corrected chi connectivity index (χ1v) is 13.5. The molecule has 10 heteroatoms. The Labute approximate surface area is 238 Å². The highest BCUT2D eigenvalue weighted by Gasteiger charge is 2.20. The number of aromatic nitrogens is 3. The second-order valence-corrected chi connectivity index (χ2v) is 10.2. The van der Waals surface area contributed by atoms with Crippen LogP contribution in [0.5, 0.6) is 0 Å². The zero-order valence-corrected chi connectivity index (χ0v) is 22.7. The number of nitrogens with zero attached hydrogens (tertiary/aromatic N) is 3. The molecule has 3 aromatic heterocycles. The molecule has 0 saturated heterocycles. The molecular weight excluding hydrogens is 553 g/mol. The minimum atomic E-state index is -0.549. The number of carbonyl (C=O) groups excluding carboxylic acids is 2. The SMILES string of the molecule is O=C(NCc1cccnc1)C(=Cc1cn(-c2ccccc2)nc1-c1cccs1)NC(=O)c1ccc(Cl)cc1Cl. The minimum absolute atomic E-state index is 0.0281. The number of hydrogen-bond acceptors (Lipinski definition) is 5. The van der Waals surface area contributed by atoms with Gasteiger partial charge in [0.2, 0.25) is 0 Å². The fourth-order valence-corrected chi connectivity index (χ4v) is 4.99. The van der Waals surface area contributed by atoms with Gasteiger partial charge in [0, 0.05) is 35.7 Å². The lowest BCUT2D eigenvalue weighted by Gasteiger charge is -2.12. The average Bonchev–Trinajstić information content (AvgIpc) is 3.63. The van der Waals surface area contributed by atoms with Crippen LogP contribution in [0.15, 0.2) is 102 Å². The Kier molecular flexibility index (Phi) is 8.17. The van der Waals surface area contributed by atoms with Gasteiger partial charge in [-0.25, -0.2) is 4.68 Å². The summed E-state index contributed by atoms with van der Waals surface area (Å²) in [6, 6.07) is 21.7. The van der Waals surface area contributed by atoms with Crippen molar-refractivity contribution in [3.63, 3.8) is 0 Å². The zero-order valence-electron chi connectivity index (χ0n) is 20.3. The van der Waals surface area contributed by atoms with Crippen molar-refractivity contribution in [1.82, 2.24) is 25.4 Å². The van der Waals surface area contributed by atoms with Crippen molar-refractivity contribution >= 4 is 52.4 Å². The maximum Gasteiger partial charge on any atom is 0.268 e. The maximum absolute atomic E-state index is 13.4. The standard InChI is InChI=1S/C29H21Cl2N5O2S/c30-21-10-11-23(24(31)15-21)28(37)34-25(29(38)33-17-19-6-4-12-32-16-19)14-20-18-36(22-7-2-1-3-8-22)35-27(20)26-9-5-13-39-26/h1-16,18H,17H2,(H,33,38)(H,34,37). The molecule has 5 rings (SSSR count). The number of nitrogens with one attached hydrogen (secondary N) is 2. The van der Waals surface area contributed by atoms with Crippen LogP contribution >= 0.6 is 34.5 Å². The molecule has 7 nitrogen and oxygen atoms in total. The van der Waals surface area contributed by atoms with Crippen LogP contribution in [-0.4, -0.2) is 26.6 Å². The molecule has 2 aromatic carbocycles. The first kappa shape index (κ1) is 26.4. The summed E-state index contributed by atoms with van der Waals surface area (Å²) < 4.78 is 1.74. The molecule has 0 atom stereocenters. The van der Waals surface area contributed by atoms with Crippen molar-refractivity contribution in [2.75, 3.05) is 0 Å². The predicted molar refractivity (Wildman–Crippen MR) is 155 cm³/mol. The van der Waals surface area contributed by atoms with Crippen molar-refractivity contribution in [3.05, 3.63) is 129 Å². The number of benzene rings is 2. The number of amides is 2. The van der Waals surface area contributed by atoms with Gasteiger partial charge in [-0.05, 0) is 59.5 Å². The van der Waals surface area contributed by atoms with E-state index in [-0.39, 0.29) is 22.8 Å². The van der Waals surface area contributed by atoms with Crippen LogP contribution in [-0.2, 0) is 11.3 Å². The number of halogens is 2. The van der Waals surface area contributed by atoms with E-state index in [9.17, 15) is 9.59 Å². The lowest BCUT2D eigenvalue weighted by Crippen LogP contribution is -2.34. The summed E-state index contributed by atoms with van der Waals surface area (Å²) in [7, 11) is 0. The fraction of sp³-hybridized carbons (Fsp3) is 0.0345. The van der Waals surface area contributed by atoms with Crippen molar-refractivity contribution < 1.29 is 9.59 Å². The molecule has 0 aliphatic rings. The molecule has 194 valence electrons. The molecule has 0 saturated carbocycles. The van der Waals surface area contributed by atoms with Crippen LogP contribution in [0.25, 0.3) is 22.3 Å². The predicted octanol–water partition coefficient (Wildman–Crippen LogP) is 6.39. The highest BCUT2D eigenvalue weighted by molar-refractivity contribution is 7.13. The Hall–Kier alpha value is -4.24. The van der Waals surface area contributed by atoms with Gasteiger partial charge in [-0.15, -0.1) is 11.3 Å². The monoisotopic (exact) mass is 573 g/mol. The number of para-hydroxylation sites is 1. The van der Waals surface area contributed by atoms with Gasteiger partial charge in [-0.2, -0.15) is 5.10 Å². The van der Waals surface area contributed by atoms with E-state index in [4.69, 9.17) is 28.3 Å². The largest absolute Gasteiger partial charge is 0.347 e. The van der Waals surface area contributed by atoms with Gasteiger partial charge in [0.25, 0.3) is 11.8 Å². The highest BCUT2D eigenvalue weighted by Crippen LogP contribution is 2.29. The van der Waals surface area contributed by atoms with E-state index < -0.39 is 11.8 Å². The third kappa shape index (κ3) is 6.43. The van der Waals surface area contributed by atoms with Gasteiger partial charge in [-0.1, -0.05) is 53.5 Å². The number of hydrogen-bond donors (Lipinski definition) is 2. The molecule has 2 amide bonds. The van der Waals surface area contributed by atoms with Gasteiger partial charge in [0.1, 0.15) is 11.4 Å². The Morgan fingerprint density at radius 2 is 1.85 bits per heavy atom. The fourth-order valence-electron chi connectivity index (χ4n) is 3.77. The van der Waals surface area contributed by atoms with Gasteiger partial charge >= 0.3 is 0 Å². The van der Waals surface area contributed by atoms with Crippen LogP contribution in [0.1, 0.15) is 21.5 Å². The summed E-state index contributed by atoms with van der Waals surface area (Å²) in [6.45, 7) is 0.225. The molecule has 39 heavy (non-hydrogen) atoms. The quantitative estimate of drug-likeness (QED) is 0.210. The number of carbonyl (C=O) groups is 2. The Morgan fingerprint density at radius 1 is 1.00 bits per heavy atom. The Bertz CT molecular complexity index is 1640. The first-order chi connectivity index (χ1) is 19.0. The highest BCUT2D eigenvalue weighted by atomic mass is 35.5. The Morgan fingerprint density at radius 3 is 2.56 bits per heavy atom. The number of pyridine rings is 1. The van der Waals surface area contributed by atoms with Crippen molar-refractivity contribution in [2.45, 2.75) is 6.54 Å². The van der Waals surface area contributed by atoms with Gasteiger partial charge in [-0.3, -0.25) is 14.6 Å². The smallest absolute Gasteiger partial charge is 0.268 e. The number of thiophene rings is 1. The van der Waals surface area contributed by atoms with Crippen LogP contribution in [0.2, 0.25) is 10.0 Å². The van der Waals surface area contributed by atoms with Gasteiger partial charge in [0.05, 0.1) is 21.2 Å². The summed E-state index contributed by atoms with van der Waals surface area (Å²) >= 11 is 13.8. The second-order valence-electron chi connectivity index (χ2n) is 8.37.